The predicted octanol–water partition coefficient (Wildman–Crippen LogP) is 4.52. The number of amides is 1. The Bertz CT molecular complexity index is 897. The SMILES string of the molecule is CC1CCN(c2ccc(NC(=O)c3cc4sc(N(C)C)nc4s3)cc2)C1. The first-order chi connectivity index (χ1) is 12.5. The Morgan fingerprint density at radius 1 is 1.27 bits per heavy atom. The Morgan fingerprint density at radius 2 is 2.04 bits per heavy atom. The summed E-state index contributed by atoms with van der Waals surface area (Å²) in [6.07, 6.45) is 1.25. The molecular weight excluding hydrogens is 364 g/mol. The number of rotatable bonds is 4. The zero-order chi connectivity index (χ0) is 18.3. The number of hydrogen-bond donors (Lipinski definition) is 1. The molecule has 0 aliphatic carbocycles. The molecule has 0 saturated carbocycles. The van der Waals surface area contributed by atoms with Gasteiger partial charge in [-0.15, -0.1) is 11.3 Å². The first-order valence-electron chi connectivity index (χ1n) is 8.73. The molecule has 7 heteroatoms. The minimum absolute atomic E-state index is 0.0749. The first kappa shape index (κ1) is 17.3. The Morgan fingerprint density at radius 3 is 2.65 bits per heavy atom. The Balaban J connectivity index is 1.45. The molecule has 2 aromatic heterocycles. The summed E-state index contributed by atoms with van der Waals surface area (Å²) >= 11 is 3.04. The van der Waals surface area contributed by atoms with E-state index in [1.165, 1.54) is 23.4 Å². The van der Waals surface area contributed by atoms with Gasteiger partial charge in [0, 0.05) is 38.6 Å². The molecule has 3 aromatic rings. The number of hydrogen-bond acceptors (Lipinski definition) is 6. The summed E-state index contributed by atoms with van der Waals surface area (Å²) in [5, 5.41) is 3.96. The lowest BCUT2D eigenvalue weighted by molar-refractivity contribution is 0.103. The summed E-state index contributed by atoms with van der Waals surface area (Å²) in [6.45, 7) is 4.51. The largest absolute Gasteiger partial charge is 0.371 e. The van der Waals surface area contributed by atoms with Gasteiger partial charge in [0.1, 0.15) is 4.83 Å². The van der Waals surface area contributed by atoms with Gasteiger partial charge >= 0.3 is 0 Å². The van der Waals surface area contributed by atoms with E-state index in [0.29, 0.717) is 4.88 Å². The number of aromatic nitrogens is 1. The van der Waals surface area contributed by atoms with Crippen molar-refractivity contribution in [3.8, 4) is 0 Å². The summed E-state index contributed by atoms with van der Waals surface area (Å²) in [4.78, 5) is 23.1. The van der Waals surface area contributed by atoms with Crippen molar-refractivity contribution in [3.63, 3.8) is 0 Å². The molecule has 1 saturated heterocycles. The van der Waals surface area contributed by atoms with Crippen LogP contribution in [0.1, 0.15) is 23.0 Å². The summed E-state index contributed by atoms with van der Waals surface area (Å²) in [5.41, 5.74) is 2.05. The van der Waals surface area contributed by atoms with Crippen LogP contribution < -0.4 is 15.1 Å². The van der Waals surface area contributed by atoms with Crippen molar-refractivity contribution in [2.24, 2.45) is 5.92 Å². The van der Waals surface area contributed by atoms with Crippen LogP contribution in [0.15, 0.2) is 30.3 Å². The van der Waals surface area contributed by atoms with Crippen molar-refractivity contribution in [2.45, 2.75) is 13.3 Å². The third-order valence-electron chi connectivity index (χ3n) is 4.60. The highest BCUT2D eigenvalue weighted by Crippen LogP contribution is 2.34. The van der Waals surface area contributed by atoms with Gasteiger partial charge in [0.15, 0.2) is 5.13 Å². The van der Waals surface area contributed by atoms with Crippen LogP contribution in [0.3, 0.4) is 0 Å². The van der Waals surface area contributed by atoms with Gasteiger partial charge in [-0.1, -0.05) is 18.3 Å². The van der Waals surface area contributed by atoms with Crippen molar-refractivity contribution in [1.29, 1.82) is 0 Å². The van der Waals surface area contributed by atoms with Crippen molar-refractivity contribution in [3.05, 3.63) is 35.2 Å². The van der Waals surface area contributed by atoms with Crippen LogP contribution in [0, 0.1) is 5.92 Å². The van der Waals surface area contributed by atoms with Gasteiger partial charge < -0.3 is 15.1 Å². The van der Waals surface area contributed by atoms with E-state index in [1.54, 1.807) is 11.3 Å². The number of carbonyl (C=O) groups is 1. The molecule has 0 bridgehead atoms. The molecule has 1 aliphatic heterocycles. The number of anilines is 3. The average molecular weight is 387 g/mol. The maximum Gasteiger partial charge on any atom is 0.265 e. The topological polar surface area (TPSA) is 48.5 Å². The highest BCUT2D eigenvalue weighted by molar-refractivity contribution is 7.29. The average Bonchev–Trinajstić information content (AvgIpc) is 3.29. The van der Waals surface area contributed by atoms with Crippen LogP contribution in [-0.2, 0) is 0 Å². The van der Waals surface area contributed by atoms with E-state index in [2.05, 4.69) is 34.3 Å². The molecule has 1 aliphatic rings. The summed E-state index contributed by atoms with van der Waals surface area (Å²) in [6, 6.07) is 10.1. The fourth-order valence-corrected chi connectivity index (χ4v) is 5.17. The molecule has 26 heavy (non-hydrogen) atoms. The highest BCUT2D eigenvalue weighted by atomic mass is 32.1. The fraction of sp³-hybridized carbons (Fsp3) is 0.368. The summed E-state index contributed by atoms with van der Waals surface area (Å²) in [5.74, 6) is 0.679. The number of carbonyl (C=O) groups excluding carboxylic acids is 1. The van der Waals surface area contributed by atoms with Crippen LogP contribution in [0.5, 0.6) is 0 Å². The van der Waals surface area contributed by atoms with Crippen molar-refractivity contribution in [1.82, 2.24) is 4.98 Å². The molecule has 1 aromatic carbocycles. The lowest BCUT2D eigenvalue weighted by Gasteiger charge is -2.18. The third-order valence-corrected chi connectivity index (χ3v) is 6.93. The maximum atomic E-state index is 12.5. The molecule has 1 N–H and O–H groups in total. The van der Waals surface area contributed by atoms with Crippen molar-refractivity contribution < 1.29 is 4.79 Å². The van der Waals surface area contributed by atoms with E-state index in [0.717, 1.165) is 39.4 Å². The highest BCUT2D eigenvalue weighted by Gasteiger charge is 2.19. The molecule has 136 valence electrons. The number of benzene rings is 1. The zero-order valence-electron chi connectivity index (χ0n) is 15.2. The van der Waals surface area contributed by atoms with Crippen LogP contribution in [0.2, 0.25) is 0 Å². The number of thiophene rings is 1. The zero-order valence-corrected chi connectivity index (χ0v) is 16.8. The molecule has 1 unspecified atom stereocenters. The molecule has 1 atom stereocenters. The lowest BCUT2D eigenvalue weighted by atomic mass is 10.2. The van der Waals surface area contributed by atoms with Gasteiger partial charge in [-0.05, 0) is 42.7 Å². The smallest absolute Gasteiger partial charge is 0.265 e. The molecule has 0 radical (unpaired) electrons. The second-order valence-corrected chi connectivity index (χ2v) is 9.05. The predicted molar refractivity (Wildman–Crippen MR) is 112 cm³/mol. The summed E-state index contributed by atoms with van der Waals surface area (Å²) < 4.78 is 1.06. The lowest BCUT2D eigenvalue weighted by Crippen LogP contribution is -2.19. The van der Waals surface area contributed by atoms with Crippen LogP contribution in [0.25, 0.3) is 9.53 Å². The molecule has 1 fully saturated rings. The van der Waals surface area contributed by atoms with E-state index in [1.807, 2.05) is 37.2 Å². The number of nitrogens with zero attached hydrogens (tertiary/aromatic N) is 3. The minimum Gasteiger partial charge on any atom is -0.371 e. The van der Waals surface area contributed by atoms with Crippen molar-refractivity contribution in [2.75, 3.05) is 42.3 Å². The number of thiazole rings is 1. The van der Waals surface area contributed by atoms with Crippen molar-refractivity contribution >= 4 is 54.6 Å². The number of nitrogens with one attached hydrogen (secondary N) is 1. The van der Waals surface area contributed by atoms with E-state index in [-0.39, 0.29) is 5.91 Å². The molecular formula is C19H22N4OS2. The van der Waals surface area contributed by atoms with Gasteiger partial charge in [-0.25, -0.2) is 4.98 Å². The van der Waals surface area contributed by atoms with Gasteiger partial charge in [-0.3, -0.25) is 4.79 Å². The van der Waals surface area contributed by atoms with Crippen LogP contribution in [0.4, 0.5) is 16.5 Å². The molecule has 3 heterocycles. The standard InChI is InChI=1S/C19H22N4OS2/c1-12-8-9-23(11-12)14-6-4-13(5-7-14)20-17(24)15-10-16-18(25-15)21-19(26-16)22(2)3/h4-7,10,12H,8-9,11H2,1-3H3,(H,20,24). The van der Waals surface area contributed by atoms with Crippen LogP contribution in [-0.4, -0.2) is 38.1 Å². The van der Waals surface area contributed by atoms with E-state index in [9.17, 15) is 4.79 Å². The third kappa shape index (κ3) is 3.41. The van der Waals surface area contributed by atoms with Gasteiger partial charge in [0.05, 0.1) is 9.58 Å². The first-order valence-corrected chi connectivity index (χ1v) is 10.4. The molecule has 0 spiro atoms. The van der Waals surface area contributed by atoms with E-state index >= 15 is 0 Å². The monoisotopic (exact) mass is 386 g/mol. The molecule has 5 nitrogen and oxygen atoms in total. The maximum absolute atomic E-state index is 12.5. The van der Waals surface area contributed by atoms with E-state index < -0.39 is 0 Å². The van der Waals surface area contributed by atoms with Crippen LogP contribution >= 0.6 is 22.7 Å². The second-order valence-electron chi connectivity index (χ2n) is 7.01. The van der Waals surface area contributed by atoms with Gasteiger partial charge in [-0.2, -0.15) is 0 Å². The quantitative estimate of drug-likeness (QED) is 0.716. The minimum atomic E-state index is -0.0749. The molecule has 4 rings (SSSR count). The summed E-state index contributed by atoms with van der Waals surface area (Å²) in [7, 11) is 3.95. The number of fused-ring (bicyclic) bond motifs is 1. The Kier molecular flexibility index (Phi) is 4.58. The fourth-order valence-electron chi connectivity index (χ4n) is 3.14. The Labute approximate surface area is 161 Å². The Hall–Kier alpha value is -2.12. The second kappa shape index (κ2) is 6.89. The van der Waals surface area contributed by atoms with E-state index in [4.69, 9.17) is 0 Å². The van der Waals surface area contributed by atoms with Gasteiger partial charge in [0.2, 0.25) is 0 Å². The molecule has 1 amide bonds. The normalized spacial score (nSPS) is 17.0. The van der Waals surface area contributed by atoms with Gasteiger partial charge in [0.25, 0.3) is 5.91 Å².